The Hall–Kier alpha value is -0.750. The van der Waals surface area contributed by atoms with Crippen LogP contribution in [0.4, 0.5) is 8.78 Å². The second kappa shape index (κ2) is 6.26. The molecule has 7 heteroatoms. The van der Waals surface area contributed by atoms with Crippen molar-refractivity contribution in [1.82, 2.24) is 4.98 Å². The number of pyridine rings is 1. The highest BCUT2D eigenvalue weighted by Crippen LogP contribution is 2.29. The number of alkyl halides is 2. The zero-order valence-corrected chi connectivity index (χ0v) is 11.2. The normalized spacial score (nSPS) is 10.7. The number of aromatic nitrogens is 1. The van der Waals surface area contributed by atoms with Crippen LogP contribution in [0.3, 0.4) is 0 Å². The number of hydrogen-bond donors (Lipinski definition) is 0. The van der Waals surface area contributed by atoms with Gasteiger partial charge in [-0.05, 0) is 28.9 Å². The van der Waals surface area contributed by atoms with Crippen molar-refractivity contribution < 1.29 is 18.3 Å². The van der Waals surface area contributed by atoms with Crippen molar-refractivity contribution >= 4 is 33.5 Å². The summed E-state index contributed by atoms with van der Waals surface area (Å²) in [4.78, 5) is 14.9. The second-order valence-corrected chi connectivity index (χ2v) is 4.33. The molecule has 17 heavy (non-hydrogen) atoms. The Bertz CT molecular complexity index is 429. The van der Waals surface area contributed by atoms with E-state index in [4.69, 9.17) is 16.3 Å². The smallest absolute Gasteiger partial charge is 0.311 e. The number of ether oxygens (including phenoxy) is 1. The minimum Gasteiger partial charge on any atom is -0.466 e. The summed E-state index contributed by atoms with van der Waals surface area (Å²) in [5.41, 5.74) is -0.350. The summed E-state index contributed by atoms with van der Waals surface area (Å²) in [5.74, 6) is -0.525. The van der Waals surface area contributed by atoms with Crippen LogP contribution in [0.5, 0.6) is 0 Å². The van der Waals surface area contributed by atoms with Crippen LogP contribution >= 0.6 is 27.5 Å². The lowest BCUT2D eigenvalue weighted by molar-refractivity contribution is -0.142. The molecule has 0 unspecified atom stereocenters. The lowest BCUT2D eigenvalue weighted by atomic mass is 10.2. The Morgan fingerprint density at radius 2 is 2.29 bits per heavy atom. The molecule has 3 nitrogen and oxygen atoms in total. The van der Waals surface area contributed by atoms with E-state index in [-0.39, 0.29) is 23.7 Å². The highest BCUT2D eigenvalue weighted by Gasteiger charge is 2.18. The molecule has 0 atom stereocenters. The number of hydrogen-bond acceptors (Lipinski definition) is 3. The van der Waals surface area contributed by atoms with E-state index >= 15 is 0 Å². The van der Waals surface area contributed by atoms with Crippen molar-refractivity contribution in [3.8, 4) is 0 Å². The van der Waals surface area contributed by atoms with Crippen molar-refractivity contribution in [1.29, 1.82) is 0 Å². The molecule has 0 amide bonds. The first-order valence-corrected chi connectivity index (χ1v) is 5.91. The fourth-order valence-electron chi connectivity index (χ4n) is 1.15. The van der Waals surface area contributed by atoms with Crippen molar-refractivity contribution in [3.63, 3.8) is 0 Å². The summed E-state index contributed by atoms with van der Waals surface area (Å²) in [7, 11) is 0. The SMILES string of the molecule is CCOC(=O)Cc1nc(C(F)F)c(Cl)cc1Br. The van der Waals surface area contributed by atoms with Gasteiger partial charge in [0, 0.05) is 4.47 Å². The molecule has 0 radical (unpaired) electrons. The van der Waals surface area contributed by atoms with Crippen LogP contribution in [0.25, 0.3) is 0 Å². The van der Waals surface area contributed by atoms with Gasteiger partial charge in [0.15, 0.2) is 0 Å². The number of carbonyl (C=O) groups excluding carboxylic acids is 1. The largest absolute Gasteiger partial charge is 0.466 e. The molecule has 0 aromatic carbocycles. The topological polar surface area (TPSA) is 39.2 Å². The van der Waals surface area contributed by atoms with Crippen LogP contribution in [0.1, 0.15) is 24.7 Å². The van der Waals surface area contributed by atoms with Gasteiger partial charge in [-0.25, -0.2) is 13.8 Å². The Kier molecular flexibility index (Phi) is 5.27. The summed E-state index contributed by atoms with van der Waals surface area (Å²) in [6.45, 7) is 1.89. The number of carbonyl (C=O) groups is 1. The molecule has 0 spiro atoms. The van der Waals surface area contributed by atoms with Gasteiger partial charge < -0.3 is 4.74 Å². The van der Waals surface area contributed by atoms with Crippen LogP contribution in [-0.2, 0) is 16.0 Å². The third-order valence-corrected chi connectivity index (χ3v) is 2.84. The number of halogens is 4. The molecule has 0 N–H and O–H groups in total. The molecule has 0 aliphatic rings. The molecule has 1 aromatic heterocycles. The first kappa shape index (κ1) is 14.3. The van der Waals surface area contributed by atoms with E-state index in [1.54, 1.807) is 6.92 Å². The van der Waals surface area contributed by atoms with Crippen LogP contribution in [-0.4, -0.2) is 17.6 Å². The summed E-state index contributed by atoms with van der Waals surface area (Å²) in [5, 5.41) is -0.139. The Balaban J connectivity index is 2.99. The minimum atomic E-state index is -2.78. The lowest BCUT2D eigenvalue weighted by Crippen LogP contribution is -2.10. The van der Waals surface area contributed by atoms with E-state index < -0.39 is 18.1 Å². The lowest BCUT2D eigenvalue weighted by Gasteiger charge is -2.08. The summed E-state index contributed by atoms with van der Waals surface area (Å²) >= 11 is 8.72. The Morgan fingerprint density at radius 3 is 2.82 bits per heavy atom. The van der Waals surface area contributed by atoms with Crippen molar-refractivity contribution in [3.05, 3.63) is 26.9 Å². The maximum atomic E-state index is 12.5. The average Bonchev–Trinajstić information content (AvgIpc) is 2.21. The fraction of sp³-hybridized carbons (Fsp3) is 0.400. The van der Waals surface area contributed by atoms with Gasteiger partial charge in [0.2, 0.25) is 0 Å². The molecule has 1 heterocycles. The van der Waals surface area contributed by atoms with Crippen LogP contribution in [0, 0.1) is 0 Å². The first-order valence-electron chi connectivity index (χ1n) is 4.74. The fourth-order valence-corrected chi connectivity index (χ4v) is 1.97. The third kappa shape index (κ3) is 3.89. The second-order valence-electron chi connectivity index (χ2n) is 3.07. The van der Waals surface area contributed by atoms with Crippen LogP contribution in [0.15, 0.2) is 10.5 Å². The first-order chi connectivity index (χ1) is 7.95. The van der Waals surface area contributed by atoms with Gasteiger partial charge in [0.25, 0.3) is 6.43 Å². The standard InChI is InChI=1S/C10H9BrClF2NO2/c1-2-17-8(16)4-7-5(11)3-6(12)9(15-7)10(13)14/h3,10H,2,4H2,1H3. The van der Waals surface area contributed by atoms with Gasteiger partial charge >= 0.3 is 5.97 Å². The highest BCUT2D eigenvalue weighted by atomic mass is 79.9. The number of rotatable bonds is 4. The molecule has 0 bridgehead atoms. The van der Waals surface area contributed by atoms with E-state index in [2.05, 4.69) is 20.9 Å². The number of esters is 1. The van der Waals surface area contributed by atoms with Gasteiger partial charge in [0.05, 0.1) is 23.7 Å². The summed E-state index contributed by atoms with van der Waals surface area (Å²) < 4.78 is 30.2. The molecule has 0 saturated heterocycles. The van der Waals surface area contributed by atoms with E-state index in [0.29, 0.717) is 4.47 Å². The van der Waals surface area contributed by atoms with Gasteiger partial charge in [0.1, 0.15) is 5.69 Å². The molecular weight excluding hydrogens is 319 g/mol. The van der Waals surface area contributed by atoms with Crippen molar-refractivity contribution in [2.45, 2.75) is 19.8 Å². The monoisotopic (exact) mass is 327 g/mol. The van der Waals surface area contributed by atoms with Gasteiger partial charge in [-0.1, -0.05) is 11.6 Å². The van der Waals surface area contributed by atoms with Gasteiger partial charge in [-0.2, -0.15) is 0 Å². The number of nitrogens with zero attached hydrogens (tertiary/aromatic N) is 1. The molecule has 1 rings (SSSR count). The molecule has 0 aliphatic carbocycles. The molecule has 1 aromatic rings. The van der Waals surface area contributed by atoms with E-state index in [1.807, 2.05) is 0 Å². The molecule has 0 aliphatic heterocycles. The van der Waals surface area contributed by atoms with E-state index in [1.165, 1.54) is 6.07 Å². The van der Waals surface area contributed by atoms with E-state index in [9.17, 15) is 13.6 Å². The Labute approximate surface area is 110 Å². The zero-order valence-electron chi connectivity index (χ0n) is 8.84. The highest BCUT2D eigenvalue weighted by molar-refractivity contribution is 9.10. The minimum absolute atomic E-state index is 0.139. The quantitative estimate of drug-likeness (QED) is 0.794. The van der Waals surface area contributed by atoms with E-state index in [0.717, 1.165) is 0 Å². The summed E-state index contributed by atoms with van der Waals surface area (Å²) in [6, 6.07) is 1.30. The summed E-state index contributed by atoms with van der Waals surface area (Å²) in [6.07, 6.45) is -2.96. The average molecular weight is 329 g/mol. The van der Waals surface area contributed by atoms with Crippen molar-refractivity contribution in [2.75, 3.05) is 6.61 Å². The van der Waals surface area contributed by atoms with Crippen molar-refractivity contribution in [2.24, 2.45) is 0 Å². The molecular formula is C10H9BrClF2NO2. The molecule has 94 valence electrons. The van der Waals surface area contributed by atoms with Gasteiger partial charge in [-0.15, -0.1) is 0 Å². The Morgan fingerprint density at radius 1 is 1.65 bits per heavy atom. The van der Waals surface area contributed by atoms with Crippen LogP contribution in [0.2, 0.25) is 5.02 Å². The third-order valence-electron chi connectivity index (χ3n) is 1.85. The van der Waals surface area contributed by atoms with Gasteiger partial charge in [-0.3, -0.25) is 4.79 Å². The zero-order chi connectivity index (χ0) is 13.0. The maximum absolute atomic E-state index is 12.5. The maximum Gasteiger partial charge on any atom is 0.311 e. The molecule has 0 fully saturated rings. The predicted molar refractivity (Wildman–Crippen MR) is 62.2 cm³/mol. The predicted octanol–water partition coefficient (Wildman–Crippen LogP) is 3.54. The van der Waals surface area contributed by atoms with Crippen LogP contribution < -0.4 is 0 Å². The molecule has 0 saturated carbocycles.